The van der Waals surface area contributed by atoms with Gasteiger partial charge in [0.15, 0.2) is 0 Å². The molecule has 0 saturated carbocycles. The number of nitrogens with one attached hydrogen (secondary N) is 1. The number of amides is 2. The van der Waals surface area contributed by atoms with Crippen molar-refractivity contribution < 1.29 is 22.7 Å². The molecule has 0 saturated heterocycles. The molecule has 0 aromatic heterocycles. The quantitative estimate of drug-likeness (QED) is 0.339. The van der Waals surface area contributed by atoms with E-state index in [0.29, 0.717) is 17.0 Å². The Hall–Kier alpha value is -3.85. The van der Waals surface area contributed by atoms with Crippen molar-refractivity contribution in [2.75, 3.05) is 18.0 Å². The summed E-state index contributed by atoms with van der Waals surface area (Å²) in [6.45, 7) is 8.84. The van der Waals surface area contributed by atoms with Gasteiger partial charge in [-0.05, 0) is 75.6 Å². The van der Waals surface area contributed by atoms with Crippen LogP contribution in [0, 0.1) is 13.8 Å². The summed E-state index contributed by atoms with van der Waals surface area (Å²) >= 11 is 0. The Balaban J connectivity index is 2.03. The summed E-state index contributed by atoms with van der Waals surface area (Å²) < 4.78 is 34.2. The average Bonchev–Trinajstić information content (AvgIpc) is 2.95. The van der Waals surface area contributed by atoms with E-state index in [0.717, 1.165) is 21.9 Å². The summed E-state index contributed by atoms with van der Waals surface area (Å²) in [5, 5.41) is 2.94. The largest absolute Gasteiger partial charge is 0.497 e. The molecule has 0 spiro atoms. The maximum atomic E-state index is 14.0. The third-order valence-corrected chi connectivity index (χ3v) is 8.73. The predicted molar refractivity (Wildman–Crippen MR) is 158 cm³/mol. The van der Waals surface area contributed by atoms with E-state index >= 15 is 0 Å². The van der Waals surface area contributed by atoms with Crippen LogP contribution >= 0.6 is 0 Å². The number of para-hydroxylation sites is 1. The molecule has 8 nitrogen and oxygen atoms in total. The van der Waals surface area contributed by atoms with Crippen LogP contribution in [-0.4, -0.2) is 50.9 Å². The summed E-state index contributed by atoms with van der Waals surface area (Å²) in [5.74, 6) is -0.138. The lowest BCUT2D eigenvalue weighted by atomic mass is 10.1. The minimum Gasteiger partial charge on any atom is -0.497 e. The van der Waals surface area contributed by atoms with E-state index in [-0.39, 0.29) is 23.4 Å². The van der Waals surface area contributed by atoms with Gasteiger partial charge in [-0.2, -0.15) is 0 Å². The molecule has 3 rings (SSSR count). The van der Waals surface area contributed by atoms with Crippen molar-refractivity contribution in [1.82, 2.24) is 10.2 Å². The fraction of sp³-hybridized carbons (Fsp3) is 0.355. The van der Waals surface area contributed by atoms with Gasteiger partial charge in [0, 0.05) is 12.6 Å². The van der Waals surface area contributed by atoms with Crippen LogP contribution in [0.5, 0.6) is 5.75 Å². The van der Waals surface area contributed by atoms with Crippen LogP contribution in [-0.2, 0) is 26.2 Å². The summed E-state index contributed by atoms with van der Waals surface area (Å²) in [6.07, 6.45) is 0.737. The van der Waals surface area contributed by atoms with E-state index in [1.165, 1.54) is 17.0 Å². The lowest BCUT2D eigenvalue weighted by molar-refractivity contribution is -0.139. The van der Waals surface area contributed by atoms with E-state index < -0.39 is 28.5 Å². The highest BCUT2D eigenvalue weighted by molar-refractivity contribution is 7.92. The summed E-state index contributed by atoms with van der Waals surface area (Å²) in [5.41, 5.74) is 2.80. The van der Waals surface area contributed by atoms with Crippen LogP contribution in [0.4, 0.5) is 5.69 Å². The Kier molecular flexibility index (Phi) is 10.3. The van der Waals surface area contributed by atoms with Gasteiger partial charge in [-0.1, -0.05) is 55.0 Å². The molecule has 0 aliphatic heterocycles. The minimum atomic E-state index is -4.10. The number of rotatable bonds is 12. The molecule has 0 fully saturated rings. The van der Waals surface area contributed by atoms with Crippen molar-refractivity contribution in [1.29, 1.82) is 0 Å². The van der Waals surface area contributed by atoms with Gasteiger partial charge in [0.1, 0.15) is 18.3 Å². The summed E-state index contributed by atoms with van der Waals surface area (Å²) in [6, 6.07) is 19.8. The predicted octanol–water partition coefficient (Wildman–Crippen LogP) is 4.84. The number of anilines is 1. The Labute approximate surface area is 238 Å². The molecule has 214 valence electrons. The van der Waals surface area contributed by atoms with Crippen molar-refractivity contribution in [2.45, 2.75) is 64.6 Å². The van der Waals surface area contributed by atoms with Crippen LogP contribution in [0.2, 0.25) is 0 Å². The third-order valence-electron chi connectivity index (χ3n) is 6.95. The number of hydrogen-bond donors (Lipinski definition) is 1. The minimum absolute atomic E-state index is 0.0710. The lowest BCUT2D eigenvalue weighted by Gasteiger charge is -2.33. The van der Waals surface area contributed by atoms with Crippen LogP contribution in [0.25, 0.3) is 0 Å². The fourth-order valence-electron chi connectivity index (χ4n) is 4.17. The molecule has 2 amide bonds. The first-order valence-corrected chi connectivity index (χ1v) is 14.8. The van der Waals surface area contributed by atoms with E-state index in [9.17, 15) is 18.0 Å². The lowest BCUT2D eigenvalue weighted by Crippen LogP contribution is -2.52. The van der Waals surface area contributed by atoms with Gasteiger partial charge >= 0.3 is 0 Å². The molecule has 0 unspecified atom stereocenters. The molecule has 40 heavy (non-hydrogen) atoms. The first-order chi connectivity index (χ1) is 19.0. The zero-order valence-electron chi connectivity index (χ0n) is 24.0. The van der Waals surface area contributed by atoms with E-state index in [1.807, 2.05) is 39.0 Å². The number of aryl methyl sites for hydroxylation is 2. The average molecular weight is 566 g/mol. The standard InChI is InChI=1S/C31H39N3O5S/c1-7-24(4)32-31(36)25(5)33(20-26-14-16-27(39-6)17-15-26)30(35)21-34(29-11-9-8-10-23(29)3)40(37,38)28-18-12-22(2)13-19-28/h8-19,24-25H,7,20-21H2,1-6H3,(H,32,36)/t24-,25+/m1/s1. The topological polar surface area (TPSA) is 96.0 Å². The first kappa shape index (κ1) is 30.7. The van der Waals surface area contributed by atoms with Gasteiger partial charge in [0.25, 0.3) is 10.0 Å². The van der Waals surface area contributed by atoms with Crippen LogP contribution in [0.1, 0.15) is 43.9 Å². The number of carbonyl (C=O) groups is 2. The zero-order chi connectivity index (χ0) is 29.4. The molecule has 9 heteroatoms. The molecule has 0 aliphatic carbocycles. The van der Waals surface area contributed by atoms with Crippen molar-refractivity contribution in [3.05, 3.63) is 89.5 Å². The second kappa shape index (κ2) is 13.5. The Morgan fingerprint density at radius 3 is 2.12 bits per heavy atom. The van der Waals surface area contributed by atoms with Gasteiger partial charge < -0.3 is 15.0 Å². The second-order valence-electron chi connectivity index (χ2n) is 9.97. The van der Waals surface area contributed by atoms with Crippen LogP contribution in [0.15, 0.2) is 77.7 Å². The maximum absolute atomic E-state index is 14.0. The molecule has 0 radical (unpaired) electrons. The molecule has 0 heterocycles. The van der Waals surface area contributed by atoms with E-state index in [2.05, 4.69) is 5.32 Å². The number of ether oxygens (including phenoxy) is 1. The smallest absolute Gasteiger partial charge is 0.264 e. The molecule has 3 aromatic carbocycles. The number of hydrogen-bond acceptors (Lipinski definition) is 5. The molecule has 0 bridgehead atoms. The molecule has 1 N–H and O–H groups in total. The zero-order valence-corrected chi connectivity index (χ0v) is 24.9. The van der Waals surface area contributed by atoms with Gasteiger partial charge in [0.05, 0.1) is 17.7 Å². The third kappa shape index (κ3) is 7.41. The van der Waals surface area contributed by atoms with Crippen LogP contribution < -0.4 is 14.4 Å². The number of methoxy groups -OCH3 is 1. The van der Waals surface area contributed by atoms with Gasteiger partial charge in [-0.25, -0.2) is 8.42 Å². The van der Waals surface area contributed by atoms with Gasteiger partial charge in [-0.3, -0.25) is 13.9 Å². The van der Waals surface area contributed by atoms with Crippen LogP contribution in [0.3, 0.4) is 0 Å². The van der Waals surface area contributed by atoms with E-state index in [1.54, 1.807) is 63.4 Å². The van der Waals surface area contributed by atoms with Gasteiger partial charge in [0.2, 0.25) is 11.8 Å². The van der Waals surface area contributed by atoms with Crippen molar-refractivity contribution >= 4 is 27.5 Å². The van der Waals surface area contributed by atoms with Crippen molar-refractivity contribution in [3.8, 4) is 5.75 Å². The molecular formula is C31H39N3O5S. The number of carbonyl (C=O) groups excluding carboxylic acids is 2. The number of nitrogens with zero attached hydrogens (tertiary/aromatic N) is 2. The first-order valence-electron chi connectivity index (χ1n) is 13.4. The monoisotopic (exact) mass is 565 g/mol. The van der Waals surface area contributed by atoms with Gasteiger partial charge in [-0.15, -0.1) is 0 Å². The number of sulfonamides is 1. The molecule has 0 aliphatic rings. The highest BCUT2D eigenvalue weighted by Crippen LogP contribution is 2.27. The SMILES string of the molecule is CC[C@@H](C)NC(=O)[C@H](C)N(Cc1ccc(OC)cc1)C(=O)CN(c1ccccc1C)S(=O)(=O)c1ccc(C)cc1. The number of benzene rings is 3. The molecule has 2 atom stereocenters. The second-order valence-corrected chi connectivity index (χ2v) is 11.8. The Morgan fingerprint density at radius 2 is 1.55 bits per heavy atom. The highest BCUT2D eigenvalue weighted by Gasteiger charge is 2.33. The van der Waals surface area contributed by atoms with Crippen molar-refractivity contribution in [2.24, 2.45) is 0 Å². The summed E-state index contributed by atoms with van der Waals surface area (Å²) in [4.78, 5) is 28.7. The Bertz CT molecular complexity index is 1410. The van der Waals surface area contributed by atoms with Crippen molar-refractivity contribution in [3.63, 3.8) is 0 Å². The van der Waals surface area contributed by atoms with E-state index in [4.69, 9.17) is 4.74 Å². The Morgan fingerprint density at radius 1 is 0.925 bits per heavy atom. The highest BCUT2D eigenvalue weighted by atomic mass is 32.2. The normalized spacial score (nSPS) is 12.8. The fourth-order valence-corrected chi connectivity index (χ4v) is 5.65. The maximum Gasteiger partial charge on any atom is 0.264 e. The molecular weight excluding hydrogens is 526 g/mol. The molecule has 3 aromatic rings. The summed E-state index contributed by atoms with van der Waals surface area (Å²) in [7, 11) is -2.53.